The SMILES string of the molecule is CCC(NC1CCC1)c1ccc(Br)cc1. The monoisotopic (exact) mass is 267 g/mol. The lowest BCUT2D eigenvalue weighted by molar-refractivity contribution is 0.302. The van der Waals surface area contributed by atoms with E-state index in [1.807, 2.05) is 0 Å². The van der Waals surface area contributed by atoms with E-state index in [0.29, 0.717) is 6.04 Å². The van der Waals surface area contributed by atoms with Crippen molar-refractivity contribution in [1.29, 1.82) is 0 Å². The van der Waals surface area contributed by atoms with E-state index < -0.39 is 0 Å². The maximum Gasteiger partial charge on any atom is 0.0320 e. The molecule has 1 N–H and O–H groups in total. The maximum absolute atomic E-state index is 3.72. The van der Waals surface area contributed by atoms with Crippen molar-refractivity contribution in [2.45, 2.75) is 44.7 Å². The molecule has 1 atom stereocenters. The van der Waals surface area contributed by atoms with E-state index in [1.54, 1.807) is 0 Å². The average Bonchev–Trinajstić information content (AvgIpc) is 2.19. The van der Waals surface area contributed by atoms with Gasteiger partial charge in [-0.05, 0) is 37.0 Å². The molecule has 0 radical (unpaired) electrons. The Bertz CT molecular complexity index is 303. The first-order valence-corrected chi connectivity index (χ1v) is 6.60. The summed E-state index contributed by atoms with van der Waals surface area (Å²) >= 11 is 3.47. The maximum atomic E-state index is 3.72. The summed E-state index contributed by atoms with van der Waals surface area (Å²) in [5, 5.41) is 3.72. The Labute approximate surface area is 100 Å². The average molecular weight is 268 g/mol. The van der Waals surface area contributed by atoms with Crippen LogP contribution >= 0.6 is 15.9 Å². The fourth-order valence-corrected chi connectivity index (χ4v) is 2.27. The van der Waals surface area contributed by atoms with E-state index in [1.165, 1.54) is 24.8 Å². The first-order chi connectivity index (χ1) is 7.29. The molecule has 0 spiro atoms. The van der Waals surface area contributed by atoms with E-state index in [0.717, 1.165) is 16.9 Å². The molecule has 0 bridgehead atoms. The Morgan fingerprint density at radius 3 is 2.47 bits per heavy atom. The van der Waals surface area contributed by atoms with Crippen molar-refractivity contribution in [3.8, 4) is 0 Å². The molecule has 1 fully saturated rings. The summed E-state index contributed by atoms with van der Waals surface area (Å²) in [7, 11) is 0. The summed E-state index contributed by atoms with van der Waals surface area (Å²) in [6.07, 6.45) is 5.27. The minimum Gasteiger partial charge on any atom is -0.307 e. The Kier molecular flexibility index (Phi) is 3.81. The van der Waals surface area contributed by atoms with Crippen LogP contribution in [0.15, 0.2) is 28.7 Å². The van der Waals surface area contributed by atoms with Gasteiger partial charge >= 0.3 is 0 Å². The van der Waals surface area contributed by atoms with Crippen LogP contribution in [-0.4, -0.2) is 6.04 Å². The Morgan fingerprint density at radius 2 is 2.00 bits per heavy atom. The zero-order chi connectivity index (χ0) is 10.7. The topological polar surface area (TPSA) is 12.0 Å². The fourth-order valence-electron chi connectivity index (χ4n) is 2.00. The highest BCUT2D eigenvalue weighted by atomic mass is 79.9. The molecule has 2 rings (SSSR count). The van der Waals surface area contributed by atoms with E-state index in [4.69, 9.17) is 0 Å². The molecule has 82 valence electrons. The normalized spacial score (nSPS) is 18.5. The van der Waals surface area contributed by atoms with Crippen LogP contribution in [0.25, 0.3) is 0 Å². The molecular weight excluding hydrogens is 250 g/mol. The largest absolute Gasteiger partial charge is 0.307 e. The summed E-state index contributed by atoms with van der Waals surface area (Å²) in [5.74, 6) is 0. The second-order valence-corrected chi connectivity index (χ2v) is 5.22. The van der Waals surface area contributed by atoms with Gasteiger partial charge in [0.25, 0.3) is 0 Å². The van der Waals surface area contributed by atoms with E-state index in [2.05, 4.69) is 52.4 Å². The van der Waals surface area contributed by atoms with Gasteiger partial charge in [0, 0.05) is 16.6 Å². The van der Waals surface area contributed by atoms with Gasteiger partial charge < -0.3 is 5.32 Å². The highest BCUT2D eigenvalue weighted by molar-refractivity contribution is 9.10. The summed E-state index contributed by atoms with van der Waals surface area (Å²) in [5.41, 5.74) is 1.41. The first kappa shape index (κ1) is 11.2. The Hall–Kier alpha value is -0.340. The molecule has 0 aliphatic heterocycles. The molecule has 1 aliphatic carbocycles. The molecule has 0 saturated heterocycles. The highest BCUT2D eigenvalue weighted by Gasteiger charge is 2.20. The van der Waals surface area contributed by atoms with Gasteiger partial charge in [-0.15, -0.1) is 0 Å². The zero-order valence-electron chi connectivity index (χ0n) is 9.17. The number of benzene rings is 1. The molecule has 1 unspecified atom stereocenters. The van der Waals surface area contributed by atoms with Crippen LogP contribution in [0.2, 0.25) is 0 Å². The minimum absolute atomic E-state index is 0.531. The number of hydrogen-bond donors (Lipinski definition) is 1. The third-order valence-corrected chi connectivity index (χ3v) is 3.75. The number of nitrogens with one attached hydrogen (secondary N) is 1. The van der Waals surface area contributed by atoms with E-state index in [9.17, 15) is 0 Å². The van der Waals surface area contributed by atoms with Gasteiger partial charge in [0.05, 0.1) is 0 Å². The molecule has 15 heavy (non-hydrogen) atoms. The lowest BCUT2D eigenvalue weighted by atomic mass is 9.91. The first-order valence-electron chi connectivity index (χ1n) is 5.81. The molecule has 1 aromatic carbocycles. The van der Waals surface area contributed by atoms with Crippen molar-refractivity contribution in [2.75, 3.05) is 0 Å². The molecule has 1 saturated carbocycles. The predicted molar refractivity (Wildman–Crippen MR) is 67.9 cm³/mol. The van der Waals surface area contributed by atoms with Gasteiger partial charge in [0.2, 0.25) is 0 Å². The third kappa shape index (κ3) is 2.82. The van der Waals surface area contributed by atoms with Crippen molar-refractivity contribution in [1.82, 2.24) is 5.32 Å². The standard InChI is InChI=1S/C13H18BrN/c1-2-13(15-12-4-3-5-12)10-6-8-11(14)9-7-10/h6-9,12-13,15H,2-5H2,1H3. The number of rotatable bonds is 4. The van der Waals surface area contributed by atoms with Crippen molar-refractivity contribution in [2.24, 2.45) is 0 Å². The molecule has 0 amide bonds. The molecule has 0 aromatic heterocycles. The predicted octanol–water partition coefficient (Wildman–Crippen LogP) is 4.04. The van der Waals surface area contributed by atoms with Crippen LogP contribution in [-0.2, 0) is 0 Å². The second-order valence-electron chi connectivity index (χ2n) is 4.31. The number of hydrogen-bond acceptors (Lipinski definition) is 1. The van der Waals surface area contributed by atoms with Gasteiger partial charge in [-0.25, -0.2) is 0 Å². The van der Waals surface area contributed by atoms with Crippen LogP contribution in [0.3, 0.4) is 0 Å². The lowest BCUT2D eigenvalue weighted by Crippen LogP contribution is -2.37. The molecule has 0 heterocycles. The van der Waals surface area contributed by atoms with Crippen LogP contribution in [0.1, 0.15) is 44.2 Å². The lowest BCUT2D eigenvalue weighted by Gasteiger charge is -2.31. The smallest absolute Gasteiger partial charge is 0.0320 e. The van der Waals surface area contributed by atoms with Gasteiger partial charge in [0.1, 0.15) is 0 Å². The summed E-state index contributed by atoms with van der Waals surface area (Å²) in [6, 6.07) is 9.97. The molecule has 1 aromatic rings. The van der Waals surface area contributed by atoms with E-state index in [-0.39, 0.29) is 0 Å². The van der Waals surface area contributed by atoms with Crippen molar-refractivity contribution in [3.63, 3.8) is 0 Å². The van der Waals surface area contributed by atoms with Crippen molar-refractivity contribution in [3.05, 3.63) is 34.3 Å². The summed E-state index contributed by atoms with van der Waals surface area (Å²) < 4.78 is 1.16. The Balaban J connectivity index is 2.01. The molecular formula is C13H18BrN. The summed E-state index contributed by atoms with van der Waals surface area (Å²) in [6.45, 7) is 2.25. The third-order valence-electron chi connectivity index (χ3n) is 3.22. The van der Waals surface area contributed by atoms with Gasteiger partial charge in [-0.2, -0.15) is 0 Å². The van der Waals surface area contributed by atoms with Crippen LogP contribution < -0.4 is 5.32 Å². The molecule has 1 nitrogen and oxygen atoms in total. The zero-order valence-corrected chi connectivity index (χ0v) is 10.8. The van der Waals surface area contributed by atoms with E-state index >= 15 is 0 Å². The van der Waals surface area contributed by atoms with Crippen molar-refractivity contribution >= 4 is 15.9 Å². The van der Waals surface area contributed by atoms with Gasteiger partial charge in [-0.3, -0.25) is 0 Å². The van der Waals surface area contributed by atoms with Gasteiger partial charge in [0.15, 0.2) is 0 Å². The minimum atomic E-state index is 0.531. The van der Waals surface area contributed by atoms with Crippen LogP contribution in [0.5, 0.6) is 0 Å². The fraction of sp³-hybridized carbons (Fsp3) is 0.538. The highest BCUT2D eigenvalue weighted by Crippen LogP contribution is 2.25. The van der Waals surface area contributed by atoms with Crippen molar-refractivity contribution < 1.29 is 0 Å². The van der Waals surface area contributed by atoms with Crippen LogP contribution in [0, 0.1) is 0 Å². The number of halogens is 1. The molecule has 1 aliphatic rings. The molecule has 2 heteroatoms. The van der Waals surface area contributed by atoms with Gasteiger partial charge in [-0.1, -0.05) is 41.4 Å². The summed E-state index contributed by atoms with van der Waals surface area (Å²) in [4.78, 5) is 0. The van der Waals surface area contributed by atoms with Crippen LogP contribution in [0.4, 0.5) is 0 Å². The Morgan fingerprint density at radius 1 is 1.33 bits per heavy atom. The second kappa shape index (κ2) is 5.13. The quantitative estimate of drug-likeness (QED) is 0.868.